The van der Waals surface area contributed by atoms with E-state index in [0.717, 1.165) is 49.7 Å². The number of anilines is 1. The quantitative estimate of drug-likeness (QED) is 0.401. The van der Waals surface area contributed by atoms with Crippen LogP contribution in [0.15, 0.2) is 36.9 Å². The van der Waals surface area contributed by atoms with E-state index in [0.29, 0.717) is 29.4 Å². The van der Waals surface area contributed by atoms with Gasteiger partial charge in [-0.3, -0.25) is 9.69 Å². The van der Waals surface area contributed by atoms with E-state index >= 15 is 0 Å². The lowest BCUT2D eigenvalue weighted by Gasteiger charge is -2.27. The van der Waals surface area contributed by atoms with Crippen LogP contribution in [0.4, 0.5) is 5.82 Å². The molecule has 2 aromatic rings. The van der Waals surface area contributed by atoms with Crippen LogP contribution in [0.5, 0.6) is 5.75 Å². The van der Waals surface area contributed by atoms with E-state index in [1.807, 2.05) is 19.1 Å². The molecule has 1 aliphatic heterocycles. The molecule has 32 heavy (non-hydrogen) atoms. The molecule has 1 aliphatic rings. The van der Waals surface area contributed by atoms with Crippen LogP contribution >= 0.6 is 0 Å². The topological polar surface area (TPSA) is 121 Å². The zero-order valence-corrected chi connectivity index (χ0v) is 19.2. The van der Waals surface area contributed by atoms with Gasteiger partial charge in [-0.25, -0.2) is 0 Å². The summed E-state index contributed by atoms with van der Waals surface area (Å²) in [6, 6.07) is 7.39. The van der Waals surface area contributed by atoms with Crippen LogP contribution in [0.1, 0.15) is 22.4 Å². The summed E-state index contributed by atoms with van der Waals surface area (Å²) in [6.45, 7) is 9.23. The van der Waals surface area contributed by atoms with E-state index in [1.165, 1.54) is 6.08 Å². The molecule has 0 spiro atoms. The number of likely N-dealkylation sites (N-methyl/N-ethyl adjacent to an activating group) is 1. The minimum absolute atomic E-state index is 0.155. The van der Waals surface area contributed by atoms with Crippen LogP contribution < -0.4 is 11.5 Å². The number of benzene rings is 1. The van der Waals surface area contributed by atoms with Gasteiger partial charge in [-0.1, -0.05) is 18.7 Å². The molecule has 1 atom stereocenters. The van der Waals surface area contributed by atoms with Gasteiger partial charge in [0.25, 0.3) is 0 Å². The smallest absolute Gasteiger partial charge is 0.142 e. The van der Waals surface area contributed by atoms with Crippen molar-refractivity contribution in [1.29, 1.82) is 0 Å². The highest BCUT2D eigenvalue weighted by atomic mass is 16.5. The zero-order chi connectivity index (χ0) is 23.7. The second-order valence-electron chi connectivity index (χ2n) is 7.97. The molecule has 0 radical (unpaired) electrons. The number of carbonyl (C=O) groups is 1. The predicted molar refractivity (Wildman–Crippen MR) is 130 cm³/mol. The van der Waals surface area contributed by atoms with Gasteiger partial charge < -0.3 is 31.2 Å². The Balaban J connectivity index is 0.000000837. The third-order valence-corrected chi connectivity index (χ3v) is 5.49. The number of carbonyl (C=O) groups excluding carboxylic acids is 1. The predicted octanol–water partition coefficient (Wildman–Crippen LogP) is 2.20. The number of nitrogen functional groups attached to an aromatic ring is 1. The Morgan fingerprint density at radius 3 is 2.72 bits per heavy atom. The third-order valence-electron chi connectivity index (χ3n) is 5.49. The molecule has 8 heteroatoms. The molecule has 1 aromatic carbocycles. The molecule has 0 bridgehead atoms. The fraction of sp³-hybridized carbons (Fsp3) is 0.375. The number of phenolic OH excluding ortho intramolecular Hbond substituents is 1. The number of H-pyrrole nitrogens is 1. The molecule has 1 fully saturated rings. The third kappa shape index (κ3) is 6.71. The second-order valence-corrected chi connectivity index (χ2v) is 7.97. The lowest BCUT2D eigenvalue weighted by Crippen LogP contribution is -2.41. The van der Waals surface area contributed by atoms with Gasteiger partial charge in [0.05, 0.1) is 13.2 Å². The molecule has 2 heterocycles. The van der Waals surface area contributed by atoms with Crippen LogP contribution in [-0.4, -0.2) is 72.6 Å². The number of aromatic hydroxyl groups is 1. The molecular weight excluding hydrogens is 406 g/mol. The van der Waals surface area contributed by atoms with Crippen molar-refractivity contribution in [2.45, 2.75) is 19.5 Å². The first-order chi connectivity index (χ1) is 15.3. The average molecular weight is 442 g/mol. The van der Waals surface area contributed by atoms with E-state index in [4.69, 9.17) is 21.0 Å². The number of aldehydes is 1. The number of aromatic amines is 1. The average Bonchev–Trinajstić information content (AvgIpc) is 2.93. The number of phenols is 1. The van der Waals surface area contributed by atoms with Crippen molar-refractivity contribution in [2.75, 3.05) is 46.1 Å². The van der Waals surface area contributed by atoms with Crippen LogP contribution in [0.3, 0.4) is 0 Å². The maximum absolute atomic E-state index is 10.0. The van der Waals surface area contributed by atoms with Gasteiger partial charge in [0.2, 0.25) is 0 Å². The number of hydrogen-bond acceptors (Lipinski definition) is 7. The Morgan fingerprint density at radius 2 is 2.09 bits per heavy atom. The molecule has 0 amide bonds. The molecule has 8 nitrogen and oxygen atoms in total. The Hall–Kier alpha value is -3.07. The number of hydrogen-bond donors (Lipinski definition) is 4. The van der Waals surface area contributed by atoms with Crippen LogP contribution in [0, 0.1) is 6.92 Å². The summed E-state index contributed by atoms with van der Waals surface area (Å²) in [4.78, 5) is 17.0. The molecule has 1 saturated heterocycles. The fourth-order valence-electron chi connectivity index (χ4n) is 3.52. The fourth-order valence-corrected chi connectivity index (χ4v) is 3.52. The first kappa shape index (κ1) is 25.2. The highest BCUT2D eigenvalue weighted by molar-refractivity contribution is 5.85. The van der Waals surface area contributed by atoms with Gasteiger partial charge in [0.15, 0.2) is 0 Å². The minimum Gasteiger partial charge on any atom is -0.507 e. The molecule has 0 aliphatic carbocycles. The molecule has 6 N–H and O–H groups in total. The number of allylic oxidation sites excluding steroid dienone is 1. The van der Waals surface area contributed by atoms with Gasteiger partial charge in [-0.15, -0.1) is 0 Å². The summed E-state index contributed by atoms with van der Waals surface area (Å²) < 4.78 is 5.74. The Bertz CT molecular complexity index is 930. The molecule has 0 saturated carbocycles. The maximum Gasteiger partial charge on any atom is 0.142 e. The molecule has 1 unspecified atom stereocenters. The van der Waals surface area contributed by atoms with Gasteiger partial charge in [-0.05, 0) is 50.9 Å². The number of nitrogens with two attached hydrogens (primary N) is 2. The van der Waals surface area contributed by atoms with Crippen molar-refractivity contribution >= 4 is 23.9 Å². The molecule has 174 valence electrons. The van der Waals surface area contributed by atoms with E-state index < -0.39 is 0 Å². The number of para-hydroxylation sites is 1. The highest BCUT2D eigenvalue weighted by Gasteiger charge is 2.22. The standard InChI is InChI=1S/C21H31N5O2.C3H4O/c1-14-17(10-18(22)16-6-4-5-7-20(16)27)21(23)24-19(14)12-26-8-9-28-13-15(11-26)25(2)3;1-2-3-4/h4-7,10,15,24,27H,8-9,11-13,22-23H2,1-3H3;2-3H,1H2/b18-10-;. The van der Waals surface area contributed by atoms with E-state index in [-0.39, 0.29) is 5.75 Å². The molecule has 3 rings (SSSR count). The zero-order valence-electron chi connectivity index (χ0n) is 19.2. The first-order valence-corrected chi connectivity index (χ1v) is 10.5. The normalized spacial score (nSPS) is 17.4. The van der Waals surface area contributed by atoms with E-state index in [9.17, 15) is 5.11 Å². The van der Waals surface area contributed by atoms with Gasteiger partial charge in [0, 0.05) is 48.2 Å². The summed E-state index contributed by atoms with van der Waals surface area (Å²) in [5.41, 5.74) is 16.6. The number of nitrogens with zero attached hydrogens (tertiary/aromatic N) is 2. The van der Waals surface area contributed by atoms with Crippen molar-refractivity contribution in [3.05, 3.63) is 59.3 Å². The van der Waals surface area contributed by atoms with E-state index in [1.54, 1.807) is 18.2 Å². The highest BCUT2D eigenvalue weighted by Crippen LogP contribution is 2.28. The van der Waals surface area contributed by atoms with Crippen molar-refractivity contribution in [1.82, 2.24) is 14.8 Å². The van der Waals surface area contributed by atoms with Crippen LogP contribution in [0.25, 0.3) is 11.8 Å². The summed E-state index contributed by atoms with van der Waals surface area (Å²) in [5.74, 6) is 0.739. The molecule has 1 aromatic heterocycles. The van der Waals surface area contributed by atoms with Crippen LogP contribution in [0.2, 0.25) is 0 Å². The summed E-state index contributed by atoms with van der Waals surface area (Å²) in [5, 5.41) is 10.0. The lowest BCUT2D eigenvalue weighted by atomic mass is 10.1. The Morgan fingerprint density at radius 1 is 1.41 bits per heavy atom. The number of ether oxygens (including phenoxy) is 1. The van der Waals surface area contributed by atoms with Crippen molar-refractivity contribution in [3.63, 3.8) is 0 Å². The Kier molecular flexibility index (Phi) is 9.52. The van der Waals surface area contributed by atoms with Gasteiger partial charge >= 0.3 is 0 Å². The number of nitrogens with one attached hydrogen (secondary N) is 1. The van der Waals surface area contributed by atoms with Crippen molar-refractivity contribution in [3.8, 4) is 5.75 Å². The van der Waals surface area contributed by atoms with Crippen molar-refractivity contribution in [2.24, 2.45) is 5.73 Å². The monoisotopic (exact) mass is 441 g/mol. The summed E-state index contributed by atoms with van der Waals surface area (Å²) >= 11 is 0. The SMILES string of the molecule is C=CC=O.Cc1c(CN2CCOCC(N(C)C)C2)[nH]c(N)c1/C=C(\N)c1ccccc1O. The molecular formula is C24H35N5O3. The second kappa shape index (κ2) is 12.1. The maximum atomic E-state index is 10.0. The summed E-state index contributed by atoms with van der Waals surface area (Å²) in [6.07, 6.45) is 3.66. The van der Waals surface area contributed by atoms with Crippen LogP contribution in [-0.2, 0) is 16.1 Å². The minimum atomic E-state index is 0.155. The lowest BCUT2D eigenvalue weighted by molar-refractivity contribution is -0.104. The van der Waals surface area contributed by atoms with Gasteiger partial charge in [-0.2, -0.15) is 0 Å². The number of aromatic nitrogens is 1. The number of rotatable bonds is 6. The van der Waals surface area contributed by atoms with Gasteiger partial charge in [0.1, 0.15) is 17.9 Å². The van der Waals surface area contributed by atoms with Crippen molar-refractivity contribution < 1.29 is 14.6 Å². The first-order valence-electron chi connectivity index (χ1n) is 10.5. The van der Waals surface area contributed by atoms with E-state index in [2.05, 4.69) is 35.5 Å². The summed E-state index contributed by atoms with van der Waals surface area (Å²) in [7, 11) is 4.17. The largest absolute Gasteiger partial charge is 0.507 e. The Labute approximate surface area is 190 Å².